The third kappa shape index (κ3) is 6.54. The summed E-state index contributed by atoms with van der Waals surface area (Å²) in [5, 5.41) is 8.44. The van der Waals surface area contributed by atoms with Crippen LogP contribution in [0.2, 0.25) is 0 Å². The predicted molar refractivity (Wildman–Crippen MR) is 71.9 cm³/mol. The van der Waals surface area contributed by atoms with Gasteiger partial charge in [0.25, 0.3) is 0 Å². The molecular formula is C12H14ClFN2O3. The smallest absolute Gasteiger partial charge is 0.328 e. The number of pyridine rings is 1. The minimum Gasteiger partial charge on any atom is -0.487 e. The fourth-order valence-corrected chi connectivity index (χ4v) is 1.04. The second kappa shape index (κ2) is 9.07. The quantitative estimate of drug-likeness (QED) is 0.780. The number of rotatable bonds is 6. The predicted octanol–water partition coefficient (Wildman–Crippen LogP) is 1.79. The summed E-state index contributed by atoms with van der Waals surface area (Å²) in [7, 11) is 0. The summed E-state index contributed by atoms with van der Waals surface area (Å²) in [5.41, 5.74) is 6.10. The monoisotopic (exact) mass is 288 g/mol. The zero-order chi connectivity index (χ0) is 13.4. The average molecular weight is 289 g/mol. The van der Waals surface area contributed by atoms with Gasteiger partial charge < -0.3 is 15.6 Å². The van der Waals surface area contributed by atoms with E-state index in [-0.39, 0.29) is 25.6 Å². The highest BCUT2D eigenvalue weighted by atomic mass is 35.5. The molecule has 7 heteroatoms. The standard InChI is InChI=1S/C12H13FN2O3.ClH/c13-5-9(6-14)8-18-11-3-1-10(15-7-11)2-4-12(16)17;/h1-5,7H,6,8,14H2,(H,16,17);1H/b4-2-,9-5?;. The molecule has 0 saturated carbocycles. The van der Waals surface area contributed by atoms with Gasteiger partial charge in [0.2, 0.25) is 0 Å². The molecule has 1 aromatic heterocycles. The maximum Gasteiger partial charge on any atom is 0.328 e. The summed E-state index contributed by atoms with van der Waals surface area (Å²) in [6.07, 6.45) is 4.19. The number of aliphatic carboxylic acids is 1. The normalized spacial score (nSPS) is 11.2. The summed E-state index contributed by atoms with van der Waals surface area (Å²) in [6, 6.07) is 3.21. The first-order chi connectivity index (χ1) is 8.65. The van der Waals surface area contributed by atoms with Crippen LogP contribution in [-0.4, -0.2) is 29.2 Å². The van der Waals surface area contributed by atoms with Crippen molar-refractivity contribution in [1.82, 2.24) is 4.98 Å². The van der Waals surface area contributed by atoms with E-state index in [2.05, 4.69) is 4.98 Å². The molecule has 0 amide bonds. The molecule has 0 fully saturated rings. The van der Waals surface area contributed by atoms with Crippen LogP contribution in [0.1, 0.15) is 5.69 Å². The molecule has 3 N–H and O–H groups in total. The highest BCUT2D eigenvalue weighted by Gasteiger charge is 1.98. The van der Waals surface area contributed by atoms with Gasteiger partial charge in [0.05, 0.1) is 18.2 Å². The van der Waals surface area contributed by atoms with E-state index in [4.69, 9.17) is 15.6 Å². The highest BCUT2D eigenvalue weighted by molar-refractivity contribution is 5.85. The molecule has 0 aliphatic heterocycles. The molecule has 0 bridgehead atoms. The van der Waals surface area contributed by atoms with Gasteiger partial charge in [-0.3, -0.25) is 4.98 Å². The van der Waals surface area contributed by atoms with Crippen LogP contribution in [0.5, 0.6) is 5.75 Å². The number of ether oxygens (including phenoxy) is 1. The second-order valence-electron chi connectivity index (χ2n) is 3.35. The third-order valence-corrected chi connectivity index (χ3v) is 2.00. The summed E-state index contributed by atoms with van der Waals surface area (Å²) in [4.78, 5) is 14.3. The lowest BCUT2D eigenvalue weighted by molar-refractivity contribution is -0.131. The Morgan fingerprint density at radius 1 is 1.53 bits per heavy atom. The van der Waals surface area contributed by atoms with Crippen LogP contribution in [-0.2, 0) is 4.79 Å². The minimum absolute atomic E-state index is 0. The van der Waals surface area contributed by atoms with E-state index < -0.39 is 5.97 Å². The Morgan fingerprint density at radius 3 is 2.74 bits per heavy atom. The Balaban J connectivity index is 0.00000324. The zero-order valence-corrected chi connectivity index (χ0v) is 10.8. The number of nitrogens with zero attached hydrogens (tertiary/aromatic N) is 1. The Morgan fingerprint density at radius 2 is 2.26 bits per heavy atom. The molecule has 0 aliphatic carbocycles. The summed E-state index contributed by atoms with van der Waals surface area (Å²) >= 11 is 0. The Bertz CT molecular complexity index is 461. The molecule has 0 aliphatic rings. The van der Waals surface area contributed by atoms with Crippen molar-refractivity contribution in [3.05, 3.63) is 42.0 Å². The SMILES string of the molecule is Cl.NCC(=CF)COc1ccc(/C=C\C(=O)O)nc1. The van der Waals surface area contributed by atoms with Gasteiger partial charge in [-0.05, 0) is 18.2 Å². The van der Waals surface area contributed by atoms with Crippen molar-refractivity contribution in [2.45, 2.75) is 0 Å². The third-order valence-electron chi connectivity index (χ3n) is 2.00. The zero-order valence-electron chi connectivity index (χ0n) is 9.95. The molecule has 1 aromatic rings. The van der Waals surface area contributed by atoms with E-state index in [0.29, 0.717) is 23.3 Å². The fourth-order valence-electron chi connectivity index (χ4n) is 1.04. The molecule has 0 spiro atoms. The van der Waals surface area contributed by atoms with Gasteiger partial charge in [-0.1, -0.05) is 0 Å². The van der Waals surface area contributed by atoms with Gasteiger partial charge in [-0.15, -0.1) is 12.4 Å². The van der Waals surface area contributed by atoms with E-state index >= 15 is 0 Å². The lowest BCUT2D eigenvalue weighted by Gasteiger charge is -2.06. The van der Waals surface area contributed by atoms with Crippen molar-refractivity contribution in [1.29, 1.82) is 0 Å². The van der Waals surface area contributed by atoms with Crippen molar-refractivity contribution in [2.24, 2.45) is 5.73 Å². The highest BCUT2D eigenvalue weighted by Crippen LogP contribution is 2.11. The first-order valence-corrected chi connectivity index (χ1v) is 5.13. The number of carboxylic acids is 1. The summed E-state index contributed by atoms with van der Waals surface area (Å²) in [5.74, 6) is -0.590. The number of carboxylic acid groups (broad SMARTS) is 1. The van der Waals surface area contributed by atoms with Crippen molar-refractivity contribution in [2.75, 3.05) is 13.2 Å². The van der Waals surface area contributed by atoms with Gasteiger partial charge >= 0.3 is 5.97 Å². The van der Waals surface area contributed by atoms with Crippen molar-refractivity contribution in [3.8, 4) is 5.75 Å². The lowest BCUT2D eigenvalue weighted by atomic mass is 10.3. The van der Waals surface area contributed by atoms with E-state index in [1.54, 1.807) is 12.1 Å². The fraction of sp³-hybridized carbons (Fsp3) is 0.167. The molecular weight excluding hydrogens is 275 g/mol. The first-order valence-electron chi connectivity index (χ1n) is 5.13. The maximum absolute atomic E-state index is 12.2. The Labute approximate surface area is 116 Å². The molecule has 0 unspecified atom stereocenters. The molecule has 0 aromatic carbocycles. The maximum atomic E-state index is 12.2. The molecule has 1 heterocycles. The Hall–Kier alpha value is -1.92. The van der Waals surface area contributed by atoms with Crippen LogP contribution in [0.4, 0.5) is 4.39 Å². The Kier molecular flexibility index (Phi) is 8.15. The van der Waals surface area contributed by atoms with E-state index in [1.807, 2.05) is 0 Å². The van der Waals surface area contributed by atoms with Crippen LogP contribution in [0.3, 0.4) is 0 Å². The van der Waals surface area contributed by atoms with Gasteiger partial charge in [-0.2, -0.15) is 0 Å². The van der Waals surface area contributed by atoms with Gasteiger partial charge in [0, 0.05) is 18.2 Å². The molecule has 0 radical (unpaired) electrons. The second-order valence-corrected chi connectivity index (χ2v) is 3.35. The lowest BCUT2D eigenvalue weighted by Crippen LogP contribution is -2.10. The van der Waals surface area contributed by atoms with Crippen LogP contribution in [0.15, 0.2) is 36.3 Å². The molecule has 0 atom stereocenters. The van der Waals surface area contributed by atoms with Crippen LogP contribution >= 0.6 is 12.4 Å². The number of hydrogen-bond donors (Lipinski definition) is 2. The van der Waals surface area contributed by atoms with Crippen LogP contribution in [0, 0.1) is 0 Å². The number of hydrogen-bond acceptors (Lipinski definition) is 4. The number of carbonyl (C=O) groups is 1. The largest absolute Gasteiger partial charge is 0.487 e. The molecule has 1 rings (SSSR count). The molecule has 5 nitrogen and oxygen atoms in total. The van der Waals surface area contributed by atoms with Crippen molar-refractivity contribution in [3.63, 3.8) is 0 Å². The van der Waals surface area contributed by atoms with Crippen molar-refractivity contribution >= 4 is 24.5 Å². The summed E-state index contributed by atoms with van der Waals surface area (Å²) < 4.78 is 17.4. The number of halogens is 2. The molecule has 0 saturated heterocycles. The molecule has 19 heavy (non-hydrogen) atoms. The van der Waals surface area contributed by atoms with Gasteiger partial charge in [-0.25, -0.2) is 9.18 Å². The topological polar surface area (TPSA) is 85.4 Å². The molecule has 104 valence electrons. The minimum atomic E-state index is -1.04. The van der Waals surface area contributed by atoms with Crippen molar-refractivity contribution < 1.29 is 19.0 Å². The number of nitrogens with two attached hydrogens (primary N) is 1. The van der Waals surface area contributed by atoms with E-state index in [9.17, 15) is 9.18 Å². The number of aromatic nitrogens is 1. The first kappa shape index (κ1) is 17.1. The van der Waals surface area contributed by atoms with Crippen LogP contribution < -0.4 is 10.5 Å². The van der Waals surface area contributed by atoms with E-state index in [0.717, 1.165) is 6.08 Å². The summed E-state index contributed by atoms with van der Waals surface area (Å²) in [6.45, 7) is 0.141. The van der Waals surface area contributed by atoms with Gasteiger partial charge in [0.1, 0.15) is 12.4 Å². The van der Waals surface area contributed by atoms with E-state index in [1.165, 1.54) is 12.3 Å². The van der Waals surface area contributed by atoms with Gasteiger partial charge in [0.15, 0.2) is 0 Å². The van der Waals surface area contributed by atoms with Crippen LogP contribution in [0.25, 0.3) is 6.08 Å². The average Bonchev–Trinajstić information content (AvgIpc) is 2.39.